The van der Waals surface area contributed by atoms with Crippen LogP contribution < -0.4 is 15.6 Å². The molecule has 0 unspecified atom stereocenters. The van der Waals surface area contributed by atoms with E-state index >= 15 is 0 Å². The van der Waals surface area contributed by atoms with Gasteiger partial charge in [-0.3, -0.25) is 9.36 Å². The summed E-state index contributed by atoms with van der Waals surface area (Å²) in [6.45, 7) is 6.14. The smallest absolute Gasteiger partial charge is 0.261 e. The number of aromatic nitrogens is 4. The second-order valence-corrected chi connectivity index (χ2v) is 7.92. The van der Waals surface area contributed by atoms with Crippen molar-refractivity contribution in [3.8, 4) is 5.75 Å². The van der Waals surface area contributed by atoms with E-state index in [4.69, 9.17) is 4.74 Å². The maximum absolute atomic E-state index is 13.0. The van der Waals surface area contributed by atoms with Crippen LogP contribution in [0.1, 0.15) is 29.8 Å². The van der Waals surface area contributed by atoms with Gasteiger partial charge in [-0.2, -0.15) is 0 Å². The average molecular weight is 430 g/mol. The molecule has 164 valence electrons. The van der Waals surface area contributed by atoms with Gasteiger partial charge in [0.25, 0.3) is 5.56 Å². The van der Waals surface area contributed by atoms with Crippen LogP contribution in [0.5, 0.6) is 5.75 Å². The largest absolute Gasteiger partial charge is 0.496 e. The summed E-state index contributed by atoms with van der Waals surface area (Å²) < 4.78 is 7.12. The minimum Gasteiger partial charge on any atom is -0.496 e. The lowest BCUT2D eigenvalue weighted by Gasteiger charge is -2.17. The van der Waals surface area contributed by atoms with Crippen LogP contribution in [0.25, 0.3) is 10.9 Å². The molecule has 0 amide bonds. The summed E-state index contributed by atoms with van der Waals surface area (Å²) in [7, 11) is 1.68. The van der Waals surface area contributed by atoms with E-state index < -0.39 is 0 Å². The van der Waals surface area contributed by atoms with Gasteiger partial charge >= 0.3 is 0 Å². The number of ether oxygens (including phenoxy) is 1. The molecule has 1 atom stereocenters. The summed E-state index contributed by atoms with van der Waals surface area (Å²) in [6.07, 6.45) is 0.787. The predicted molar refractivity (Wildman–Crippen MR) is 126 cm³/mol. The summed E-state index contributed by atoms with van der Waals surface area (Å²) in [5, 5.41) is 4.06. The number of nitrogens with one attached hydrogen (secondary N) is 1. The van der Waals surface area contributed by atoms with Crippen LogP contribution in [-0.4, -0.2) is 32.7 Å². The van der Waals surface area contributed by atoms with Gasteiger partial charge in [-0.1, -0.05) is 30.3 Å². The number of para-hydroxylation sites is 2. The second-order valence-electron chi connectivity index (χ2n) is 7.92. The van der Waals surface area contributed by atoms with Gasteiger partial charge in [0.05, 0.1) is 30.3 Å². The fraction of sp³-hybridized carbons (Fsp3) is 0.280. The van der Waals surface area contributed by atoms with Gasteiger partial charge in [0.1, 0.15) is 23.2 Å². The Morgan fingerprint density at radius 2 is 1.78 bits per heavy atom. The molecule has 0 aliphatic carbocycles. The van der Waals surface area contributed by atoms with Crippen molar-refractivity contribution in [2.24, 2.45) is 0 Å². The molecule has 0 spiro atoms. The fourth-order valence-electron chi connectivity index (χ4n) is 3.92. The van der Waals surface area contributed by atoms with Crippen LogP contribution in [0.2, 0.25) is 0 Å². The van der Waals surface area contributed by atoms with Crippen molar-refractivity contribution in [1.82, 2.24) is 19.5 Å². The molecule has 0 bridgehead atoms. The van der Waals surface area contributed by atoms with Crippen LogP contribution in [0.15, 0.2) is 59.4 Å². The third-order valence-electron chi connectivity index (χ3n) is 5.38. The Morgan fingerprint density at radius 3 is 2.59 bits per heavy atom. The van der Waals surface area contributed by atoms with E-state index in [-0.39, 0.29) is 11.6 Å². The molecule has 2 aromatic heterocycles. The summed E-state index contributed by atoms with van der Waals surface area (Å²) in [5.41, 5.74) is 2.53. The molecule has 0 fully saturated rings. The Bertz CT molecular complexity index is 1320. The minimum atomic E-state index is -0.0663. The molecule has 2 aromatic carbocycles. The highest BCUT2D eigenvalue weighted by molar-refractivity contribution is 5.77. The van der Waals surface area contributed by atoms with E-state index in [1.165, 1.54) is 0 Å². The number of hydrogen-bond acceptors (Lipinski definition) is 6. The van der Waals surface area contributed by atoms with Crippen LogP contribution in [-0.2, 0) is 13.0 Å². The van der Waals surface area contributed by atoms with E-state index in [9.17, 15) is 4.79 Å². The topological polar surface area (TPSA) is 81.9 Å². The van der Waals surface area contributed by atoms with Crippen LogP contribution in [0.3, 0.4) is 0 Å². The zero-order chi connectivity index (χ0) is 22.7. The molecular formula is C25H27N5O2. The average Bonchev–Trinajstić information content (AvgIpc) is 2.76. The Labute approximate surface area is 187 Å². The highest BCUT2D eigenvalue weighted by atomic mass is 16.5. The molecule has 1 N–H and O–H groups in total. The molecule has 32 heavy (non-hydrogen) atoms. The Morgan fingerprint density at radius 1 is 1.03 bits per heavy atom. The lowest BCUT2D eigenvalue weighted by Crippen LogP contribution is -2.25. The van der Waals surface area contributed by atoms with Crippen LogP contribution in [0, 0.1) is 13.8 Å². The first-order chi connectivity index (χ1) is 15.4. The van der Waals surface area contributed by atoms with E-state index in [1.807, 2.05) is 56.3 Å². The highest BCUT2D eigenvalue weighted by Crippen LogP contribution is 2.20. The minimum absolute atomic E-state index is 0.0663. The van der Waals surface area contributed by atoms with Gasteiger partial charge in [0, 0.05) is 12.1 Å². The first-order valence-electron chi connectivity index (χ1n) is 10.6. The molecular weight excluding hydrogens is 402 g/mol. The number of aryl methyl sites for hydroxylation is 2. The molecule has 0 saturated heterocycles. The number of hydrogen-bond donors (Lipinski definition) is 1. The molecule has 2 heterocycles. The zero-order valence-electron chi connectivity index (χ0n) is 18.8. The van der Waals surface area contributed by atoms with Crippen molar-refractivity contribution in [2.45, 2.75) is 39.8 Å². The number of nitrogens with zero attached hydrogens (tertiary/aromatic N) is 4. The first-order valence-corrected chi connectivity index (χ1v) is 10.6. The maximum Gasteiger partial charge on any atom is 0.261 e. The lowest BCUT2D eigenvalue weighted by atomic mass is 10.1. The maximum atomic E-state index is 13.0. The molecule has 4 rings (SSSR count). The van der Waals surface area contributed by atoms with E-state index in [1.54, 1.807) is 17.7 Å². The van der Waals surface area contributed by atoms with Crippen LogP contribution in [0.4, 0.5) is 5.82 Å². The molecule has 7 nitrogen and oxygen atoms in total. The molecule has 0 aliphatic rings. The Hall–Kier alpha value is -3.74. The van der Waals surface area contributed by atoms with E-state index in [2.05, 4.69) is 33.3 Å². The number of fused-ring (bicyclic) bond motifs is 1. The zero-order valence-corrected chi connectivity index (χ0v) is 18.8. The van der Waals surface area contributed by atoms with Crippen molar-refractivity contribution in [3.63, 3.8) is 0 Å². The third kappa shape index (κ3) is 4.61. The fourth-order valence-corrected chi connectivity index (χ4v) is 3.92. The van der Waals surface area contributed by atoms with E-state index in [0.29, 0.717) is 29.1 Å². The summed E-state index contributed by atoms with van der Waals surface area (Å²) >= 11 is 0. The Kier molecular flexibility index (Phi) is 6.16. The van der Waals surface area contributed by atoms with Gasteiger partial charge in [0.15, 0.2) is 0 Å². The molecule has 0 radical (unpaired) electrons. The molecule has 7 heteroatoms. The van der Waals surface area contributed by atoms with E-state index in [0.717, 1.165) is 29.2 Å². The SMILES string of the molecule is COc1ccccc1C[C@H](C)Nc1cc(Cn2c(C)nc3ccccc3c2=O)nc(C)n1. The van der Waals surface area contributed by atoms with Crippen molar-refractivity contribution in [3.05, 3.63) is 87.9 Å². The standard InChI is InChI=1S/C25H27N5O2/c1-16(13-19-9-5-8-12-23(19)32-4)26-24-14-20(27-17(2)28-24)15-30-18(3)29-22-11-7-6-10-21(22)25(30)31/h5-12,14,16H,13,15H2,1-4H3,(H,26,27,28)/t16-/m0/s1. The highest BCUT2D eigenvalue weighted by Gasteiger charge is 2.12. The Balaban J connectivity index is 1.57. The quantitative estimate of drug-likeness (QED) is 0.480. The van der Waals surface area contributed by atoms with Crippen molar-refractivity contribution in [1.29, 1.82) is 0 Å². The number of benzene rings is 2. The van der Waals surface area contributed by atoms with Crippen molar-refractivity contribution >= 4 is 16.7 Å². The van der Waals surface area contributed by atoms with Gasteiger partial charge in [-0.15, -0.1) is 0 Å². The number of methoxy groups -OCH3 is 1. The molecule has 4 aromatic rings. The van der Waals surface area contributed by atoms with Gasteiger partial charge < -0.3 is 10.1 Å². The first kappa shape index (κ1) is 21.5. The monoisotopic (exact) mass is 429 g/mol. The van der Waals surface area contributed by atoms with Gasteiger partial charge in [-0.25, -0.2) is 15.0 Å². The van der Waals surface area contributed by atoms with Gasteiger partial charge in [0.2, 0.25) is 0 Å². The normalized spacial score (nSPS) is 12.0. The van der Waals surface area contributed by atoms with Crippen LogP contribution >= 0.6 is 0 Å². The van der Waals surface area contributed by atoms with Crippen molar-refractivity contribution in [2.75, 3.05) is 12.4 Å². The van der Waals surface area contributed by atoms with Crippen molar-refractivity contribution < 1.29 is 4.74 Å². The number of anilines is 1. The summed E-state index contributed by atoms with van der Waals surface area (Å²) in [6, 6.07) is 17.4. The third-order valence-corrected chi connectivity index (χ3v) is 5.38. The molecule has 0 saturated carbocycles. The second kappa shape index (κ2) is 9.18. The lowest BCUT2D eigenvalue weighted by molar-refractivity contribution is 0.409. The summed E-state index contributed by atoms with van der Waals surface area (Å²) in [4.78, 5) is 26.7. The number of rotatable bonds is 7. The molecule has 0 aliphatic heterocycles. The predicted octanol–water partition coefficient (Wildman–Crippen LogP) is 3.90. The van der Waals surface area contributed by atoms with Gasteiger partial charge in [-0.05, 0) is 51.0 Å². The summed E-state index contributed by atoms with van der Waals surface area (Å²) in [5.74, 6) is 2.91.